The fraction of sp³-hybridized carbons (Fsp3) is 0.889. The second-order valence-electron chi connectivity index (χ2n) is 4.76. The maximum absolute atomic E-state index is 11.9. The highest BCUT2D eigenvalue weighted by Crippen LogP contribution is 2.43. The van der Waals surface area contributed by atoms with Gasteiger partial charge in [0.05, 0.1) is 6.04 Å². The van der Waals surface area contributed by atoms with Gasteiger partial charge < -0.3 is 5.73 Å². The van der Waals surface area contributed by atoms with Crippen molar-refractivity contribution in [1.82, 2.24) is 4.31 Å². The molecular formula is C9H16N2O3S. The summed E-state index contributed by atoms with van der Waals surface area (Å²) in [6.07, 6.45) is 1.95. The molecule has 1 aliphatic heterocycles. The van der Waals surface area contributed by atoms with Crippen LogP contribution in [0.4, 0.5) is 0 Å². The molecule has 2 rings (SSSR count). The summed E-state index contributed by atoms with van der Waals surface area (Å²) in [5.74, 6) is -0.0327. The Morgan fingerprint density at radius 1 is 1.53 bits per heavy atom. The normalized spacial score (nSPS) is 29.8. The Kier molecular flexibility index (Phi) is 2.14. The fourth-order valence-electron chi connectivity index (χ4n) is 1.98. The van der Waals surface area contributed by atoms with Crippen LogP contribution < -0.4 is 5.73 Å². The fourth-order valence-corrected chi connectivity index (χ4v) is 3.72. The van der Waals surface area contributed by atoms with E-state index in [-0.39, 0.29) is 24.4 Å². The molecule has 1 saturated carbocycles. The van der Waals surface area contributed by atoms with Crippen molar-refractivity contribution >= 4 is 15.9 Å². The van der Waals surface area contributed by atoms with Gasteiger partial charge >= 0.3 is 0 Å². The van der Waals surface area contributed by atoms with E-state index in [2.05, 4.69) is 0 Å². The Bertz CT molecular complexity index is 398. The molecule has 0 aromatic carbocycles. The summed E-state index contributed by atoms with van der Waals surface area (Å²) in [7, 11) is -3.46. The molecule has 0 aromatic rings. The van der Waals surface area contributed by atoms with Crippen LogP contribution in [0.3, 0.4) is 0 Å². The third-order valence-corrected chi connectivity index (χ3v) is 5.75. The van der Waals surface area contributed by atoms with E-state index in [1.54, 1.807) is 0 Å². The first kappa shape index (κ1) is 10.9. The van der Waals surface area contributed by atoms with Gasteiger partial charge in [-0.2, -0.15) is 0 Å². The smallest absolute Gasteiger partial charge is 0.259 e. The summed E-state index contributed by atoms with van der Waals surface area (Å²) in [4.78, 5) is 11.7. The summed E-state index contributed by atoms with van der Waals surface area (Å²) in [5.41, 5.74) is 5.54. The molecule has 86 valence electrons. The van der Waals surface area contributed by atoms with E-state index in [0.717, 1.165) is 17.1 Å². The molecule has 2 fully saturated rings. The van der Waals surface area contributed by atoms with E-state index >= 15 is 0 Å². The lowest BCUT2D eigenvalue weighted by atomic mass is 10.1. The largest absolute Gasteiger partial charge is 0.328 e. The van der Waals surface area contributed by atoms with Crippen LogP contribution in [0.25, 0.3) is 0 Å². The second kappa shape index (κ2) is 2.95. The minimum Gasteiger partial charge on any atom is -0.328 e. The van der Waals surface area contributed by atoms with Crippen molar-refractivity contribution in [2.45, 2.75) is 37.5 Å². The van der Waals surface area contributed by atoms with Gasteiger partial charge in [0.1, 0.15) is 0 Å². The lowest BCUT2D eigenvalue weighted by molar-refractivity contribution is -0.134. The number of sulfonamides is 1. The molecule has 0 spiro atoms. The van der Waals surface area contributed by atoms with Gasteiger partial charge in [-0.1, -0.05) is 0 Å². The van der Waals surface area contributed by atoms with Crippen LogP contribution in [0.15, 0.2) is 0 Å². The van der Waals surface area contributed by atoms with E-state index in [4.69, 9.17) is 5.73 Å². The highest BCUT2D eigenvalue weighted by Gasteiger charge is 2.63. The molecule has 2 N–H and O–H groups in total. The monoisotopic (exact) mass is 232 g/mol. The zero-order valence-electron chi connectivity index (χ0n) is 8.93. The molecule has 1 aliphatic carbocycles. The van der Waals surface area contributed by atoms with Crippen molar-refractivity contribution in [1.29, 1.82) is 0 Å². The summed E-state index contributed by atoms with van der Waals surface area (Å²) >= 11 is 0. The zero-order valence-corrected chi connectivity index (χ0v) is 9.75. The topological polar surface area (TPSA) is 80.5 Å². The molecule has 1 unspecified atom stereocenters. The number of rotatable bonds is 3. The number of carbonyl (C=O) groups is 1. The van der Waals surface area contributed by atoms with E-state index in [9.17, 15) is 13.2 Å². The molecule has 1 amide bonds. The maximum atomic E-state index is 11.9. The van der Waals surface area contributed by atoms with Gasteiger partial charge in [-0.25, -0.2) is 12.7 Å². The van der Waals surface area contributed by atoms with Crippen LogP contribution in [0.5, 0.6) is 0 Å². The van der Waals surface area contributed by atoms with Crippen LogP contribution in [-0.2, 0) is 14.8 Å². The molecular weight excluding hydrogens is 216 g/mol. The minimum absolute atomic E-state index is 0.228. The lowest BCUT2D eigenvalue weighted by Crippen LogP contribution is -2.71. The Morgan fingerprint density at radius 2 is 2.07 bits per heavy atom. The Hall–Kier alpha value is -0.620. The average Bonchev–Trinajstić information content (AvgIpc) is 2.95. The number of carbonyl (C=O) groups excluding carboxylic acids is 1. The number of nitrogens with zero attached hydrogens (tertiary/aromatic N) is 1. The molecule has 15 heavy (non-hydrogen) atoms. The predicted octanol–water partition coefficient (Wildman–Crippen LogP) is -0.326. The van der Waals surface area contributed by atoms with Crippen LogP contribution in [0, 0.1) is 5.92 Å². The van der Waals surface area contributed by atoms with Crippen LogP contribution in [-0.4, -0.2) is 36.0 Å². The van der Waals surface area contributed by atoms with Crippen LogP contribution >= 0.6 is 0 Å². The minimum atomic E-state index is -3.46. The highest BCUT2D eigenvalue weighted by atomic mass is 32.2. The summed E-state index contributed by atoms with van der Waals surface area (Å²) < 4.78 is 23.5. The average molecular weight is 232 g/mol. The predicted molar refractivity (Wildman–Crippen MR) is 55.4 cm³/mol. The van der Waals surface area contributed by atoms with E-state index in [1.165, 1.54) is 13.8 Å². The zero-order chi connectivity index (χ0) is 11.4. The molecule has 1 atom stereocenters. The van der Waals surface area contributed by atoms with E-state index < -0.39 is 14.8 Å². The number of hydrogen-bond acceptors (Lipinski definition) is 4. The van der Waals surface area contributed by atoms with Crippen molar-refractivity contribution in [3.8, 4) is 0 Å². The highest BCUT2D eigenvalue weighted by molar-refractivity contribution is 7.94. The summed E-state index contributed by atoms with van der Waals surface area (Å²) in [5, 5.41) is 0. The van der Waals surface area contributed by atoms with Crippen molar-refractivity contribution in [3.05, 3.63) is 0 Å². The number of hydrogen-bond donors (Lipinski definition) is 1. The quantitative estimate of drug-likeness (QED) is 0.722. The molecule has 0 radical (unpaired) electrons. The van der Waals surface area contributed by atoms with Gasteiger partial charge in [-0.05, 0) is 32.6 Å². The molecule has 0 aromatic heterocycles. The van der Waals surface area contributed by atoms with Crippen LogP contribution in [0.1, 0.15) is 26.7 Å². The SMILES string of the molecule is CC1(C)C(=O)N(C(CN)C2CC2)S1(=O)=O. The lowest BCUT2D eigenvalue weighted by Gasteiger charge is -2.47. The Morgan fingerprint density at radius 3 is 2.40 bits per heavy atom. The molecule has 0 bridgehead atoms. The van der Waals surface area contributed by atoms with Crippen LogP contribution in [0.2, 0.25) is 0 Å². The Labute approximate surface area is 89.7 Å². The van der Waals surface area contributed by atoms with Gasteiger partial charge in [-0.15, -0.1) is 0 Å². The van der Waals surface area contributed by atoms with Gasteiger partial charge in [0, 0.05) is 6.54 Å². The second-order valence-corrected chi connectivity index (χ2v) is 7.12. The Balaban J connectivity index is 2.28. The first-order chi connectivity index (χ1) is 6.84. The van der Waals surface area contributed by atoms with Crippen molar-refractivity contribution in [2.24, 2.45) is 11.7 Å². The van der Waals surface area contributed by atoms with Gasteiger partial charge in [0.2, 0.25) is 0 Å². The third kappa shape index (κ3) is 1.24. The third-order valence-electron chi connectivity index (χ3n) is 3.33. The van der Waals surface area contributed by atoms with Gasteiger partial charge in [0.25, 0.3) is 15.9 Å². The van der Waals surface area contributed by atoms with Gasteiger partial charge in [-0.3, -0.25) is 4.79 Å². The number of amides is 1. The standard InChI is InChI=1S/C9H16N2O3S/c1-9(2)8(12)11(15(9,13)14)7(5-10)6-3-4-6/h6-7H,3-5,10H2,1-2H3. The first-order valence-corrected chi connectivity index (χ1v) is 6.56. The van der Waals surface area contributed by atoms with E-state index in [1.807, 2.05) is 0 Å². The van der Waals surface area contributed by atoms with Crippen molar-refractivity contribution in [2.75, 3.05) is 6.54 Å². The molecule has 1 heterocycles. The van der Waals surface area contributed by atoms with Gasteiger partial charge in [0.15, 0.2) is 4.75 Å². The van der Waals surface area contributed by atoms with E-state index in [0.29, 0.717) is 0 Å². The first-order valence-electron chi connectivity index (χ1n) is 5.12. The number of nitrogens with two attached hydrogens (primary N) is 1. The molecule has 1 saturated heterocycles. The summed E-state index contributed by atoms with van der Waals surface area (Å²) in [6.45, 7) is 3.12. The molecule has 6 heteroatoms. The van der Waals surface area contributed by atoms with Crippen molar-refractivity contribution < 1.29 is 13.2 Å². The summed E-state index contributed by atoms with van der Waals surface area (Å²) in [6, 6.07) is -0.310. The molecule has 2 aliphatic rings. The van der Waals surface area contributed by atoms with Crippen molar-refractivity contribution in [3.63, 3.8) is 0 Å². The maximum Gasteiger partial charge on any atom is 0.259 e. The molecule has 5 nitrogen and oxygen atoms in total.